The number of benzene rings is 3. The summed E-state index contributed by atoms with van der Waals surface area (Å²) in [6, 6.07) is 29.3. The fourth-order valence-electron chi connectivity index (χ4n) is 4.80. The Morgan fingerprint density at radius 3 is 2.34 bits per heavy atom. The molecule has 0 amide bonds. The molecule has 7 heteroatoms. The zero-order chi connectivity index (χ0) is 27.1. The molecule has 3 aromatic carbocycles. The normalized spacial score (nSPS) is 13.7. The van der Waals surface area contributed by atoms with Crippen molar-refractivity contribution in [2.75, 3.05) is 0 Å². The zero-order valence-electron chi connectivity index (χ0n) is 21.8. The van der Waals surface area contributed by atoms with Crippen LogP contribution in [0.5, 0.6) is 0 Å². The number of halogens is 1. The molecule has 0 aliphatic carbocycles. The maximum absolute atomic E-state index is 10.1. The largest absolute Gasteiger partial charge is 0.305 e. The molecule has 0 radical (unpaired) electrons. The number of nitrogens with one attached hydrogen (secondary N) is 1. The molecule has 0 fully saturated rings. The first kappa shape index (κ1) is 27.5. The second-order valence-electron chi connectivity index (χ2n) is 10.2. The van der Waals surface area contributed by atoms with Gasteiger partial charge >= 0.3 is 0 Å². The van der Waals surface area contributed by atoms with E-state index >= 15 is 0 Å². The first-order valence-corrected chi connectivity index (χ1v) is 14.1. The third-order valence-electron chi connectivity index (χ3n) is 7.01. The minimum atomic E-state index is -0.684. The van der Waals surface area contributed by atoms with Crippen LogP contribution >= 0.6 is 22.6 Å². The summed E-state index contributed by atoms with van der Waals surface area (Å²) in [5, 5.41) is 31.6. The molecule has 0 aliphatic heterocycles. The van der Waals surface area contributed by atoms with E-state index in [1.165, 1.54) is 11.1 Å². The molecule has 192 valence electrons. The van der Waals surface area contributed by atoms with E-state index in [4.69, 9.17) is 0 Å². The van der Waals surface area contributed by atoms with E-state index < -0.39 is 5.41 Å². The van der Waals surface area contributed by atoms with Gasteiger partial charge in [-0.2, -0.15) is 10.5 Å². The molecule has 4 aromatic rings. The quantitative estimate of drug-likeness (QED) is 0.159. The Morgan fingerprint density at radius 1 is 0.974 bits per heavy atom. The van der Waals surface area contributed by atoms with Gasteiger partial charge in [-0.1, -0.05) is 76.3 Å². The Kier molecular flexibility index (Phi) is 8.93. The molecule has 0 spiro atoms. The summed E-state index contributed by atoms with van der Waals surface area (Å²) < 4.78 is 2.70. The van der Waals surface area contributed by atoms with Crippen LogP contribution in [0.25, 0.3) is 5.69 Å². The van der Waals surface area contributed by atoms with Crippen molar-refractivity contribution in [3.8, 4) is 17.8 Å². The summed E-state index contributed by atoms with van der Waals surface area (Å²) in [4.78, 5) is 0. The third-order valence-corrected chi connectivity index (χ3v) is 7.89. The van der Waals surface area contributed by atoms with Crippen LogP contribution in [-0.2, 0) is 10.8 Å². The van der Waals surface area contributed by atoms with E-state index in [2.05, 4.69) is 99.7 Å². The minimum absolute atomic E-state index is 0.000783. The van der Waals surface area contributed by atoms with Crippen LogP contribution in [-0.4, -0.2) is 21.0 Å². The van der Waals surface area contributed by atoms with E-state index in [1.54, 1.807) is 17.1 Å². The summed E-state index contributed by atoms with van der Waals surface area (Å²) in [6.07, 6.45) is 4.26. The number of rotatable bonds is 10. The Hall–Kier alpha value is -3.53. The van der Waals surface area contributed by atoms with Crippen LogP contribution in [0.15, 0.2) is 85.2 Å². The number of nitrogens with zero attached hydrogens (tertiary/aromatic N) is 5. The lowest BCUT2D eigenvalue weighted by atomic mass is 9.79. The van der Waals surface area contributed by atoms with Crippen molar-refractivity contribution >= 4 is 22.6 Å². The summed E-state index contributed by atoms with van der Waals surface area (Å²) in [7, 11) is 0. The summed E-state index contributed by atoms with van der Waals surface area (Å²) in [5.74, 6) is 0.0873. The fourth-order valence-corrected chi connectivity index (χ4v) is 5.31. The molecular formula is C31H31IN6. The average Bonchev–Trinajstić information content (AvgIpc) is 3.50. The number of hydrogen-bond acceptors (Lipinski definition) is 5. The maximum atomic E-state index is 10.1. The van der Waals surface area contributed by atoms with Crippen LogP contribution in [0.1, 0.15) is 60.5 Å². The molecular weight excluding hydrogens is 583 g/mol. The van der Waals surface area contributed by atoms with Crippen molar-refractivity contribution in [1.82, 2.24) is 20.3 Å². The van der Waals surface area contributed by atoms with Gasteiger partial charge in [0.05, 0.1) is 47.2 Å². The summed E-state index contributed by atoms with van der Waals surface area (Å²) in [5.41, 5.74) is 5.50. The van der Waals surface area contributed by atoms with Crippen molar-refractivity contribution in [2.24, 2.45) is 5.41 Å². The summed E-state index contributed by atoms with van der Waals surface area (Å²) >= 11 is 2.38. The van der Waals surface area contributed by atoms with Crippen LogP contribution in [0.4, 0.5) is 0 Å². The van der Waals surface area contributed by atoms with Gasteiger partial charge in [-0.15, -0.1) is 5.10 Å². The molecule has 0 aliphatic rings. The predicted octanol–water partition coefficient (Wildman–Crippen LogP) is 6.67. The molecule has 6 nitrogen and oxygen atoms in total. The highest BCUT2D eigenvalue weighted by Gasteiger charge is 2.34. The van der Waals surface area contributed by atoms with Gasteiger partial charge in [-0.05, 0) is 73.7 Å². The standard InChI is InChI=1S/C31H31IN6/c1-22(29(26-7-4-6-25(16-26)20-33)17-23-10-12-24(19-32)13-11-23)36-30(31(2,3)21-34)27-8-5-9-28(18-27)38-15-14-35-37-38/h4-16,18,22,29-30,36H,17,19H2,1-3H3/t22-,29+,30?/m0/s1. The van der Waals surface area contributed by atoms with Crippen molar-refractivity contribution in [3.05, 3.63) is 113 Å². The maximum Gasteiger partial charge on any atom is 0.0991 e. The third kappa shape index (κ3) is 6.48. The average molecular weight is 615 g/mol. The van der Waals surface area contributed by atoms with E-state index in [1.807, 2.05) is 44.2 Å². The van der Waals surface area contributed by atoms with Gasteiger partial charge in [0.25, 0.3) is 0 Å². The number of nitriles is 2. The van der Waals surface area contributed by atoms with Gasteiger partial charge < -0.3 is 5.32 Å². The van der Waals surface area contributed by atoms with E-state index in [0.29, 0.717) is 5.56 Å². The van der Waals surface area contributed by atoms with Gasteiger partial charge in [0.2, 0.25) is 0 Å². The molecule has 38 heavy (non-hydrogen) atoms. The van der Waals surface area contributed by atoms with Crippen LogP contribution < -0.4 is 5.32 Å². The molecule has 0 bridgehead atoms. The zero-order valence-corrected chi connectivity index (χ0v) is 24.0. The highest BCUT2D eigenvalue weighted by Crippen LogP contribution is 2.36. The van der Waals surface area contributed by atoms with Gasteiger partial charge in [-0.25, -0.2) is 4.68 Å². The Balaban J connectivity index is 1.70. The van der Waals surface area contributed by atoms with Gasteiger partial charge in [0.1, 0.15) is 0 Å². The number of hydrogen-bond donors (Lipinski definition) is 1. The minimum Gasteiger partial charge on any atom is -0.305 e. The Bertz CT molecular complexity index is 1430. The predicted molar refractivity (Wildman–Crippen MR) is 158 cm³/mol. The first-order chi connectivity index (χ1) is 18.3. The van der Waals surface area contributed by atoms with Gasteiger partial charge in [0.15, 0.2) is 0 Å². The van der Waals surface area contributed by atoms with E-state index in [0.717, 1.165) is 27.7 Å². The van der Waals surface area contributed by atoms with Crippen LogP contribution in [0, 0.1) is 28.1 Å². The Morgan fingerprint density at radius 2 is 1.68 bits per heavy atom. The molecule has 1 N–H and O–H groups in total. The second kappa shape index (κ2) is 12.3. The molecule has 0 saturated heterocycles. The lowest BCUT2D eigenvalue weighted by Crippen LogP contribution is -2.42. The second-order valence-corrected chi connectivity index (χ2v) is 10.9. The van der Waals surface area contributed by atoms with Crippen molar-refractivity contribution < 1.29 is 0 Å². The highest BCUT2D eigenvalue weighted by atomic mass is 127. The number of alkyl halides is 1. The van der Waals surface area contributed by atoms with Gasteiger partial charge in [-0.3, -0.25) is 0 Å². The smallest absolute Gasteiger partial charge is 0.0991 e. The van der Waals surface area contributed by atoms with Crippen molar-refractivity contribution in [1.29, 1.82) is 10.5 Å². The molecule has 1 aromatic heterocycles. The molecule has 1 unspecified atom stereocenters. The van der Waals surface area contributed by atoms with Gasteiger partial charge in [0, 0.05) is 16.4 Å². The topological polar surface area (TPSA) is 90.3 Å². The summed E-state index contributed by atoms with van der Waals surface area (Å²) in [6.45, 7) is 6.10. The molecule has 0 saturated carbocycles. The monoisotopic (exact) mass is 614 g/mol. The molecule has 3 atom stereocenters. The number of aromatic nitrogens is 3. The van der Waals surface area contributed by atoms with Crippen LogP contribution in [0.3, 0.4) is 0 Å². The SMILES string of the molecule is C[C@H](NC(c1cccc(-n2ccnn2)c1)C(C)(C)C#N)[C@@H](Cc1ccc(CI)cc1)c1cccc(C#N)c1. The first-order valence-electron chi connectivity index (χ1n) is 12.6. The van der Waals surface area contributed by atoms with Crippen molar-refractivity contribution in [3.63, 3.8) is 0 Å². The fraction of sp³-hybridized carbons (Fsp3) is 0.290. The lowest BCUT2D eigenvalue weighted by molar-refractivity contribution is 0.281. The highest BCUT2D eigenvalue weighted by molar-refractivity contribution is 14.1. The van der Waals surface area contributed by atoms with E-state index in [9.17, 15) is 10.5 Å². The molecule has 4 rings (SSSR count). The van der Waals surface area contributed by atoms with Crippen molar-refractivity contribution in [2.45, 2.75) is 49.6 Å². The van der Waals surface area contributed by atoms with E-state index in [-0.39, 0.29) is 18.0 Å². The Labute approximate surface area is 238 Å². The van der Waals surface area contributed by atoms with Crippen LogP contribution in [0.2, 0.25) is 0 Å². The lowest BCUT2D eigenvalue weighted by Gasteiger charge is -2.36. The molecule has 1 heterocycles.